The summed E-state index contributed by atoms with van der Waals surface area (Å²) in [7, 11) is 0. The van der Waals surface area contributed by atoms with Gasteiger partial charge in [-0.1, -0.05) is 50.1 Å². The molecule has 0 aromatic rings. The van der Waals surface area contributed by atoms with Crippen molar-refractivity contribution >= 4 is 15.2 Å². The van der Waals surface area contributed by atoms with Gasteiger partial charge in [0.05, 0.1) is 0 Å². The van der Waals surface area contributed by atoms with Crippen molar-refractivity contribution in [2.75, 3.05) is 0 Å². The molecule has 0 atom stereocenters. The lowest BCUT2D eigenvalue weighted by Gasteiger charge is -2.03. The zero-order valence-electron chi connectivity index (χ0n) is 9.28. The van der Waals surface area contributed by atoms with Gasteiger partial charge < -0.3 is 0 Å². The Morgan fingerprint density at radius 3 is 1.56 bits per heavy atom. The first-order chi connectivity index (χ1) is 4.13. The molecule has 0 N–H and O–H groups in total. The first kappa shape index (κ1) is 9.53. The van der Waals surface area contributed by atoms with Crippen molar-refractivity contribution in [3.8, 4) is 0 Å². The van der Waals surface area contributed by atoms with Gasteiger partial charge in [-0.3, -0.25) is 0 Å². The van der Waals surface area contributed by atoms with Gasteiger partial charge in [-0.05, 0) is 0 Å². The van der Waals surface area contributed by atoms with Gasteiger partial charge in [0.2, 0.25) is 15.2 Å². The van der Waals surface area contributed by atoms with Crippen LogP contribution in [0.3, 0.4) is 0 Å². The molecule has 54 valence electrons. The largest absolute Gasteiger partial charge is 1.00 e. The van der Waals surface area contributed by atoms with Crippen LogP contribution < -0.4 is 0 Å². The van der Waals surface area contributed by atoms with Crippen LogP contribution in [0.2, 0.25) is 10.6 Å². The molecule has 0 bridgehead atoms. The molecule has 9 heavy (non-hydrogen) atoms. The SMILES string of the molecule is CC(C)[CH2][AlH][CH2]C(C)C.[H+].[H+]. The second-order valence-corrected chi connectivity index (χ2v) is 5.58. The van der Waals surface area contributed by atoms with E-state index in [0.717, 1.165) is 11.8 Å². The molecule has 0 fully saturated rings. The van der Waals surface area contributed by atoms with E-state index in [0.29, 0.717) is 15.2 Å². The fourth-order valence-corrected chi connectivity index (χ4v) is 2.80. The zero-order chi connectivity index (χ0) is 7.28. The van der Waals surface area contributed by atoms with Gasteiger partial charge in [-0.15, -0.1) is 0 Å². The van der Waals surface area contributed by atoms with Gasteiger partial charge in [0, 0.05) is 0 Å². The van der Waals surface area contributed by atoms with E-state index in [1.165, 1.54) is 10.6 Å². The quantitative estimate of drug-likeness (QED) is 0.532. The molecular formula is C8H21Al+2. The van der Waals surface area contributed by atoms with Crippen LogP contribution in [0.15, 0.2) is 0 Å². The molecule has 0 rings (SSSR count). The van der Waals surface area contributed by atoms with Crippen LogP contribution in [-0.2, 0) is 0 Å². The Morgan fingerprint density at radius 2 is 1.33 bits per heavy atom. The lowest BCUT2D eigenvalue weighted by Crippen LogP contribution is -1.99. The van der Waals surface area contributed by atoms with Crippen LogP contribution in [0.1, 0.15) is 30.5 Å². The fourth-order valence-electron chi connectivity index (χ4n) is 0.934. The second-order valence-electron chi connectivity index (χ2n) is 3.72. The molecule has 0 saturated heterocycles. The summed E-state index contributed by atoms with van der Waals surface area (Å²) in [5.74, 6) is 1.91. The van der Waals surface area contributed by atoms with Gasteiger partial charge in [0.25, 0.3) is 0 Å². The highest BCUT2D eigenvalue weighted by atomic mass is 27.1. The minimum absolute atomic E-state index is 0. The van der Waals surface area contributed by atoms with Crippen molar-refractivity contribution in [2.45, 2.75) is 38.3 Å². The third kappa shape index (κ3) is 8.53. The monoisotopic (exact) mass is 144 g/mol. The van der Waals surface area contributed by atoms with Gasteiger partial charge in [-0.2, -0.15) is 0 Å². The fraction of sp³-hybridized carbons (Fsp3) is 1.00. The van der Waals surface area contributed by atoms with Gasteiger partial charge in [-0.25, -0.2) is 0 Å². The molecule has 0 aliphatic heterocycles. The van der Waals surface area contributed by atoms with Crippen LogP contribution in [0, 0.1) is 11.8 Å². The molecule has 0 nitrogen and oxygen atoms in total. The molecule has 1 heteroatoms. The van der Waals surface area contributed by atoms with Crippen molar-refractivity contribution in [1.82, 2.24) is 0 Å². The summed E-state index contributed by atoms with van der Waals surface area (Å²) in [6.45, 7) is 9.31. The second kappa shape index (κ2) is 5.33. The lowest BCUT2D eigenvalue weighted by molar-refractivity contribution is 0.700. The average Bonchev–Trinajstić information content (AvgIpc) is 1.63. The third-order valence-corrected chi connectivity index (χ3v) is 4.69. The minimum Gasteiger partial charge on any atom is -0.0950 e. The molecular weight excluding hydrogens is 123 g/mol. The van der Waals surface area contributed by atoms with E-state index < -0.39 is 0 Å². The average molecular weight is 144 g/mol. The van der Waals surface area contributed by atoms with E-state index in [1.54, 1.807) is 0 Å². The predicted octanol–water partition coefficient (Wildman–Crippen LogP) is 2.80. The maximum absolute atomic E-state index is 2.33. The van der Waals surface area contributed by atoms with E-state index in [-0.39, 0.29) is 2.85 Å². The van der Waals surface area contributed by atoms with Crippen LogP contribution in [0.25, 0.3) is 0 Å². The van der Waals surface area contributed by atoms with Crippen LogP contribution >= 0.6 is 0 Å². The van der Waals surface area contributed by atoms with Crippen molar-refractivity contribution in [2.24, 2.45) is 11.8 Å². The molecule has 0 aliphatic rings. The van der Waals surface area contributed by atoms with Crippen molar-refractivity contribution in [3.05, 3.63) is 0 Å². The summed E-state index contributed by atoms with van der Waals surface area (Å²) < 4.78 is 0. The molecule has 0 aromatic carbocycles. The van der Waals surface area contributed by atoms with E-state index in [9.17, 15) is 0 Å². The zero-order valence-corrected chi connectivity index (χ0v) is 8.69. The minimum atomic E-state index is 0. The van der Waals surface area contributed by atoms with E-state index >= 15 is 0 Å². The molecule has 0 spiro atoms. The molecule has 0 aliphatic carbocycles. The Morgan fingerprint density at radius 1 is 1.00 bits per heavy atom. The van der Waals surface area contributed by atoms with Gasteiger partial charge in [0.1, 0.15) is 0 Å². The van der Waals surface area contributed by atoms with Crippen molar-refractivity contribution in [1.29, 1.82) is 0 Å². The Labute approximate surface area is 68.7 Å². The Balaban J connectivity index is -0.000000320. The Kier molecular flexibility index (Phi) is 5.64. The summed E-state index contributed by atoms with van der Waals surface area (Å²) >= 11 is 0.316. The van der Waals surface area contributed by atoms with Crippen molar-refractivity contribution in [3.63, 3.8) is 0 Å². The topological polar surface area (TPSA) is 0 Å². The van der Waals surface area contributed by atoms with E-state index in [1.807, 2.05) is 0 Å². The normalized spacial score (nSPS) is 10.9. The molecule has 0 saturated carbocycles. The first-order valence-corrected chi connectivity index (χ1v) is 6.13. The van der Waals surface area contributed by atoms with E-state index in [2.05, 4.69) is 27.7 Å². The highest BCUT2D eigenvalue weighted by Crippen LogP contribution is 2.05. The Bertz CT molecular complexity index is 57.1. The standard InChI is InChI=1S/2C4H9.Al.H/c2*1-4(2)3;;/h2*4H,1H2,2-3H3;;/p+2. The lowest BCUT2D eigenvalue weighted by atomic mass is 10.3. The number of hydrogen-bond acceptors (Lipinski definition) is 0. The Hall–Kier alpha value is 0.532. The summed E-state index contributed by atoms with van der Waals surface area (Å²) in [5.41, 5.74) is 0. The number of hydrogen-bond donors (Lipinski definition) is 0. The molecule has 0 aromatic heterocycles. The van der Waals surface area contributed by atoms with Crippen LogP contribution in [0.4, 0.5) is 0 Å². The smallest absolute Gasteiger partial charge is 0.0950 e. The summed E-state index contributed by atoms with van der Waals surface area (Å²) in [5, 5.41) is 3.08. The maximum Gasteiger partial charge on any atom is 1.00 e. The maximum atomic E-state index is 2.33. The van der Waals surface area contributed by atoms with Crippen LogP contribution in [-0.4, -0.2) is 15.2 Å². The van der Waals surface area contributed by atoms with E-state index in [4.69, 9.17) is 0 Å². The third-order valence-electron chi connectivity index (χ3n) is 1.56. The predicted molar refractivity (Wildman–Crippen MR) is 48.7 cm³/mol. The summed E-state index contributed by atoms with van der Waals surface area (Å²) in [4.78, 5) is 0. The molecule has 0 radical (unpaired) electrons. The molecule has 0 amide bonds. The van der Waals surface area contributed by atoms with Gasteiger partial charge >= 0.3 is 2.85 Å². The summed E-state index contributed by atoms with van der Waals surface area (Å²) in [6.07, 6.45) is 0. The molecule has 0 heterocycles. The first-order valence-electron chi connectivity index (χ1n) is 4.13. The highest BCUT2D eigenvalue weighted by Gasteiger charge is 1.99. The van der Waals surface area contributed by atoms with Gasteiger partial charge in [0.15, 0.2) is 0 Å². The van der Waals surface area contributed by atoms with Crippen LogP contribution in [0.5, 0.6) is 0 Å². The number of rotatable bonds is 4. The summed E-state index contributed by atoms with van der Waals surface area (Å²) in [6, 6.07) is 0. The van der Waals surface area contributed by atoms with Crippen molar-refractivity contribution < 1.29 is 2.85 Å². The highest BCUT2D eigenvalue weighted by molar-refractivity contribution is 6.35. The molecule has 0 unspecified atom stereocenters.